The van der Waals surface area contributed by atoms with Crippen molar-refractivity contribution >= 4 is 28.4 Å². The van der Waals surface area contributed by atoms with Crippen molar-refractivity contribution in [2.45, 2.75) is 39.7 Å². The minimum absolute atomic E-state index is 0.0323. The lowest BCUT2D eigenvalue weighted by molar-refractivity contribution is 0.0694. The van der Waals surface area contributed by atoms with Gasteiger partial charge in [0.1, 0.15) is 5.69 Å². The number of nitrogens with one attached hydrogen (secondary N) is 2. The van der Waals surface area contributed by atoms with Crippen molar-refractivity contribution in [2.75, 3.05) is 25.1 Å². The van der Waals surface area contributed by atoms with Crippen LogP contribution in [0.2, 0.25) is 0 Å². The van der Waals surface area contributed by atoms with E-state index in [0.29, 0.717) is 47.8 Å². The third-order valence-corrected chi connectivity index (χ3v) is 5.37. The van der Waals surface area contributed by atoms with Gasteiger partial charge in [-0.3, -0.25) is 14.6 Å². The predicted octanol–water partition coefficient (Wildman–Crippen LogP) is 3.37. The number of aromatic nitrogens is 2. The number of hydrogen-bond donors (Lipinski definition) is 3. The number of pyridine rings is 2. The number of carbonyl (C=O) groups excluding carboxylic acids is 2. The molecule has 0 atom stereocenters. The first-order valence-corrected chi connectivity index (χ1v) is 11.2. The van der Waals surface area contributed by atoms with Crippen LogP contribution in [0.3, 0.4) is 0 Å². The Balaban J connectivity index is 1.96. The second-order valence-electron chi connectivity index (χ2n) is 7.98. The molecule has 0 unspecified atom stereocenters. The number of carbonyl (C=O) groups is 2. The van der Waals surface area contributed by atoms with Gasteiger partial charge < -0.3 is 25.8 Å². The fourth-order valence-electron chi connectivity index (χ4n) is 3.67. The van der Waals surface area contributed by atoms with Gasteiger partial charge in [-0.1, -0.05) is 12.7 Å². The van der Waals surface area contributed by atoms with Crippen molar-refractivity contribution in [2.24, 2.45) is 5.73 Å². The van der Waals surface area contributed by atoms with Crippen LogP contribution < -0.4 is 16.4 Å². The maximum Gasteiger partial charge on any atom is 0.270 e. The summed E-state index contributed by atoms with van der Waals surface area (Å²) in [7, 11) is 0. The van der Waals surface area contributed by atoms with Crippen molar-refractivity contribution < 1.29 is 19.1 Å². The molecule has 0 radical (unpaired) electrons. The molecule has 0 bridgehead atoms. The quantitative estimate of drug-likeness (QED) is 0.382. The number of nitrogens with two attached hydrogens (primary N) is 1. The Kier molecular flexibility index (Phi) is 8.37. The summed E-state index contributed by atoms with van der Waals surface area (Å²) in [6.45, 7) is 11.4. The molecular weight excluding hydrogens is 434 g/mol. The third-order valence-electron chi connectivity index (χ3n) is 5.37. The molecule has 2 aromatic rings. The van der Waals surface area contributed by atoms with E-state index in [1.54, 1.807) is 25.1 Å². The van der Waals surface area contributed by atoms with Crippen molar-refractivity contribution in [1.82, 2.24) is 15.3 Å². The second kappa shape index (κ2) is 11.4. The molecule has 0 aromatic carbocycles. The molecule has 0 aliphatic carbocycles. The molecule has 1 fully saturated rings. The molecule has 180 valence electrons. The Morgan fingerprint density at radius 2 is 2.09 bits per heavy atom. The molecule has 9 nitrogen and oxygen atoms in total. The molecule has 4 N–H and O–H groups in total. The largest absolute Gasteiger partial charge is 0.499 e. The molecule has 34 heavy (non-hydrogen) atoms. The van der Waals surface area contributed by atoms with Crippen LogP contribution in [0.1, 0.15) is 53.2 Å². The summed E-state index contributed by atoms with van der Waals surface area (Å²) in [5.41, 5.74) is 8.08. The van der Waals surface area contributed by atoms with Crippen LogP contribution >= 0.6 is 0 Å². The van der Waals surface area contributed by atoms with Crippen LogP contribution in [-0.2, 0) is 9.47 Å². The van der Waals surface area contributed by atoms with Crippen molar-refractivity contribution in [3.05, 3.63) is 65.5 Å². The Labute approximate surface area is 199 Å². The molecule has 0 saturated carbocycles. The number of anilines is 1. The highest BCUT2D eigenvalue weighted by atomic mass is 16.5. The summed E-state index contributed by atoms with van der Waals surface area (Å²) < 4.78 is 10.7. The predicted molar refractivity (Wildman–Crippen MR) is 131 cm³/mol. The molecule has 2 amide bonds. The Morgan fingerprint density at radius 1 is 1.35 bits per heavy atom. The van der Waals surface area contributed by atoms with Gasteiger partial charge >= 0.3 is 0 Å². The number of amides is 2. The van der Waals surface area contributed by atoms with Crippen molar-refractivity contribution in [3.8, 4) is 0 Å². The first-order chi connectivity index (χ1) is 16.3. The van der Waals surface area contributed by atoms with Gasteiger partial charge in [-0.2, -0.15) is 0 Å². The topological polar surface area (TPSA) is 128 Å². The summed E-state index contributed by atoms with van der Waals surface area (Å²) in [6, 6.07) is 1.65. The van der Waals surface area contributed by atoms with Gasteiger partial charge in [0.2, 0.25) is 0 Å². The van der Waals surface area contributed by atoms with E-state index in [0.717, 1.165) is 18.6 Å². The molecule has 2 aromatic heterocycles. The third kappa shape index (κ3) is 6.20. The fourth-order valence-corrected chi connectivity index (χ4v) is 3.67. The zero-order chi connectivity index (χ0) is 24.7. The molecule has 1 saturated heterocycles. The monoisotopic (exact) mass is 465 g/mol. The van der Waals surface area contributed by atoms with Crippen LogP contribution in [-0.4, -0.2) is 47.6 Å². The Hall–Kier alpha value is -3.72. The van der Waals surface area contributed by atoms with E-state index >= 15 is 0 Å². The van der Waals surface area contributed by atoms with Gasteiger partial charge in [0.05, 0.1) is 34.8 Å². The zero-order valence-corrected chi connectivity index (χ0v) is 19.8. The molecule has 0 spiro atoms. The minimum Gasteiger partial charge on any atom is -0.499 e. The lowest BCUT2D eigenvalue weighted by Crippen LogP contribution is -2.39. The number of rotatable bonds is 9. The van der Waals surface area contributed by atoms with E-state index in [1.165, 1.54) is 6.20 Å². The van der Waals surface area contributed by atoms with Gasteiger partial charge in [-0.25, -0.2) is 4.98 Å². The van der Waals surface area contributed by atoms with E-state index in [1.807, 2.05) is 19.9 Å². The number of hydrogen-bond acceptors (Lipinski definition) is 7. The normalized spacial score (nSPS) is 14.9. The van der Waals surface area contributed by atoms with Crippen LogP contribution in [0.5, 0.6) is 0 Å². The van der Waals surface area contributed by atoms with Crippen molar-refractivity contribution in [3.63, 3.8) is 0 Å². The van der Waals surface area contributed by atoms with Crippen molar-refractivity contribution in [1.29, 1.82) is 0 Å². The Bertz CT molecular complexity index is 1150. The first kappa shape index (κ1) is 24.9. The second-order valence-corrected chi connectivity index (χ2v) is 7.98. The maximum absolute atomic E-state index is 12.9. The highest BCUT2D eigenvalue weighted by molar-refractivity contribution is 6.08. The van der Waals surface area contributed by atoms with E-state index in [2.05, 4.69) is 27.2 Å². The molecular formula is C25H31N5O4. The van der Waals surface area contributed by atoms with Gasteiger partial charge in [-0.05, 0) is 51.8 Å². The maximum atomic E-state index is 12.9. The van der Waals surface area contributed by atoms with E-state index in [4.69, 9.17) is 15.2 Å². The summed E-state index contributed by atoms with van der Waals surface area (Å²) >= 11 is 0. The number of ether oxygens (including phenoxy) is 2. The molecule has 3 rings (SSSR count). The smallest absolute Gasteiger partial charge is 0.270 e. The zero-order valence-electron chi connectivity index (χ0n) is 19.8. The number of allylic oxidation sites excluding steroid dienone is 4. The van der Waals surface area contributed by atoms with E-state index in [-0.39, 0.29) is 23.2 Å². The lowest BCUT2D eigenvalue weighted by atomic mass is 10.1. The number of fused-ring (bicyclic) bond motifs is 1. The average molecular weight is 466 g/mol. The molecule has 3 heterocycles. The van der Waals surface area contributed by atoms with Crippen LogP contribution in [0.15, 0.2) is 48.5 Å². The highest BCUT2D eigenvalue weighted by Gasteiger charge is 2.21. The number of primary amides is 1. The fraction of sp³-hybridized carbons (Fsp3) is 0.360. The molecule has 1 aliphatic heterocycles. The summed E-state index contributed by atoms with van der Waals surface area (Å²) in [5, 5.41) is 6.71. The average Bonchev–Trinajstić information content (AvgIpc) is 2.80. The summed E-state index contributed by atoms with van der Waals surface area (Å²) in [4.78, 5) is 33.9. The van der Waals surface area contributed by atoms with Crippen LogP contribution in [0.25, 0.3) is 10.9 Å². The van der Waals surface area contributed by atoms with E-state index in [9.17, 15) is 9.59 Å². The van der Waals surface area contributed by atoms with Crippen LogP contribution in [0, 0.1) is 6.92 Å². The highest BCUT2D eigenvalue weighted by Crippen LogP contribution is 2.29. The van der Waals surface area contributed by atoms with Gasteiger partial charge in [0.15, 0.2) is 0 Å². The van der Waals surface area contributed by atoms with Gasteiger partial charge in [-0.15, -0.1) is 0 Å². The summed E-state index contributed by atoms with van der Waals surface area (Å²) in [5.74, 6) is -0.174. The van der Waals surface area contributed by atoms with Crippen LogP contribution in [0.4, 0.5) is 5.69 Å². The number of nitrogens with zero attached hydrogens (tertiary/aromatic N) is 2. The van der Waals surface area contributed by atoms with Gasteiger partial charge in [0, 0.05) is 36.5 Å². The first-order valence-electron chi connectivity index (χ1n) is 11.2. The molecule has 1 aliphatic rings. The number of aryl methyl sites for hydroxylation is 1. The summed E-state index contributed by atoms with van der Waals surface area (Å²) in [6.07, 6.45) is 8.24. The molecule has 9 heteroatoms. The standard InChI is InChI=1S/C25H31N5O4/c1-5-34-16(3)8-6-7-15(2)28-23-19-13-21(25(32)30-18-9-11-33-12-10-18)29-17(4)22(19)27-14-20(23)24(26)31/h6-8,13-14,18H,2,5,9-12H2,1,3-4H3,(H2,26,31)(H,27,28)(H,30,32)/b7-6-,16-8+. The SMILES string of the molecule is C=C(/C=C\C=C(/C)OCC)Nc1c(C(N)=O)cnc2c(C)nc(C(=O)NC3CCOCC3)cc12. The van der Waals surface area contributed by atoms with Gasteiger partial charge in [0.25, 0.3) is 11.8 Å². The van der Waals surface area contributed by atoms with E-state index < -0.39 is 5.91 Å². The lowest BCUT2D eigenvalue weighted by Gasteiger charge is -2.23. The minimum atomic E-state index is -0.650. The Morgan fingerprint density at radius 3 is 2.76 bits per heavy atom.